The van der Waals surface area contributed by atoms with Crippen LogP contribution in [-0.2, 0) is 22.4 Å². The molecule has 2 aromatic carbocycles. The molecule has 0 aliphatic heterocycles. The van der Waals surface area contributed by atoms with Gasteiger partial charge >= 0.3 is 5.97 Å². The zero-order valence-electron chi connectivity index (χ0n) is 12.4. The molecule has 0 bridgehead atoms. The molecule has 0 unspecified atom stereocenters. The van der Waals surface area contributed by atoms with E-state index in [0.29, 0.717) is 6.61 Å². The SMILES string of the molecule is CC(=O)OCCCc1ccc(Cc2cc(Br)ccc2Cl)cc1. The number of hydrogen-bond acceptors (Lipinski definition) is 2. The van der Waals surface area contributed by atoms with E-state index in [0.717, 1.165) is 34.3 Å². The van der Waals surface area contributed by atoms with Crippen LogP contribution in [0.4, 0.5) is 0 Å². The highest BCUT2D eigenvalue weighted by Crippen LogP contribution is 2.23. The maximum atomic E-state index is 10.7. The van der Waals surface area contributed by atoms with Gasteiger partial charge in [-0.2, -0.15) is 0 Å². The summed E-state index contributed by atoms with van der Waals surface area (Å²) >= 11 is 9.70. The quantitative estimate of drug-likeness (QED) is 0.508. The fourth-order valence-electron chi connectivity index (χ4n) is 2.21. The van der Waals surface area contributed by atoms with Gasteiger partial charge in [-0.05, 0) is 54.2 Å². The molecule has 0 heterocycles. The Morgan fingerprint density at radius 3 is 2.50 bits per heavy atom. The number of esters is 1. The molecule has 0 spiro atoms. The molecule has 0 amide bonds. The second kappa shape index (κ2) is 8.35. The molecule has 0 N–H and O–H groups in total. The molecule has 0 fully saturated rings. The third kappa shape index (κ3) is 5.47. The van der Waals surface area contributed by atoms with Gasteiger partial charge in [0, 0.05) is 16.4 Å². The van der Waals surface area contributed by atoms with Gasteiger partial charge in [0.25, 0.3) is 0 Å². The fourth-order valence-corrected chi connectivity index (χ4v) is 2.81. The largest absolute Gasteiger partial charge is 0.466 e. The number of ether oxygens (including phenoxy) is 1. The Hall–Kier alpha value is -1.32. The lowest BCUT2D eigenvalue weighted by Crippen LogP contribution is -2.01. The molecular formula is C18H18BrClO2. The van der Waals surface area contributed by atoms with Crippen LogP contribution in [0.3, 0.4) is 0 Å². The molecule has 0 aromatic heterocycles. The lowest BCUT2D eigenvalue weighted by Gasteiger charge is -2.07. The van der Waals surface area contributed by atoms with Crippen LogP contribution in [0.1, 0.15) is 30.0 Å². The number of hydrogen-bond donors (Lipinski definition) is 0. The lowest BCUT2D eigenvalue weighted by atomic mass is 10.0. The smallest absolute Gasteiger partial charge is 0.302 e. The molecule has 2 aromatic rings. The predicted octanol–water partition coefficient (Wildman–Crippen LogP) is 5.19. The zero-order chi connectivity index (χ0) is 15.9. The van der Waals surface area contributed by atoms with Crippen molar-refractivity contribution in [3.8, 4) is 0 Å². The Balaban J connectivity index is 1.91. The van der Waals surface area contributed by atoms with E-state index in [-0.39, 0.29) is 5.97 Å². The summed E-state index contributed by atoms with van der Waals surface area (Å²) in [5.41, 5.74) is 3.58. The van der Waals surface area contributed by atoms with Crippen LogP contribution in [0, 0.1) is 0 Å². The number of aryl methyl sites for hydroxylation is 1. The fraction of sp³-hybridized carbons (Fsp3) is 0.278. The van der Waals surface area contributed by atoms with E-state index in [1.54, 1.807) is 0 Å². The summed E-state index contributed by atoms with van der Waals surface area (Å²) in [7, 11) is 0. The van der Waals surface area contributed by atoms with Gasteiger partial charge < -0.3 is 4.74 Å². The lowest BCUT2D eigenvalue weighted by molar-refractivity contribution is -0.141. The average molecular weight is 382 g/mol. The zero-order valence-corrected chi connectivity index (χ0v) is 14.8. The first-order valence-electron chi connectivity index (χ1n) is 7.19. The molecule has 0 saturated heterocycles. The summed E-state index contributed by atoms with van der Waals surface area (Å²) < 4.78 is 5.97. The Bertz CT molecular complexity index is 638. The van der Waals surface area contributed by atoms with Crippen LogP contribution in [0.5, 0.6) is 0 Å². The highest BCUT2D eigenvalue weighted by Gasteiger charge is 2.03. The van der Waals surface area contributed by atoms with Gasteiger partial charge in [0.15, 0.2) is 0 Å². The van der Waals surface area contributed by atoms with E-state index < -0.39 is 0 Å². The van der Waals surface area contributed by atoms with Crippen LogP contribution >= 0.6 is 27.5 Å². The van der Waals surface area contributed by atoms with Crippen molar-refractivity contribution in [2.75, 3.05) is 6.61 Å². The van der Waals surface area contributed by atoms with E-state index in [9.17, 15) is 4.79 Å². The maximum absolute atomic E-state index is 10.7. The molecule has 2 nitrogen and oxygen atoms in total. The highest BCUT2D eigenvalue weighted by atomic mass is 79.9. The van der Waals surface area contributed by atoms with Crippen molar-refractivity contribution in [1.29, 1.82) is 0 Å². The molecule has 22 heavy (non-hydrogen) atoms. The first kappa shape index (κ1) is 17.0. The summed E-state index contributed by atoms with van der Waals surface area (Å²) in [5, 5.41) is 0.786. The van der Waals surface area contributed by atoms with Gasteiger partial charge in [-0.15, -0.1) is 0 Å². The Morgan fingerprint density at radius 2 is 1.82 bits per heavy atom. The van der Waals surface area contributed by atoms with E-state index in [2.05, 4.69) is 46.3 Å². The molecule has 0 radical (unpaired) electrons. The number of carbonyl (C=O) groups is 1. The first-order chi connectivity index (χ1) is 10.5. The second-order valence-electron chi connectivity index (χ2n) is 5.17. The predicted molar refractivity (Wildman–Crippen MR) is 93.4 cm³/mol. The summed E-state index contributed by atoms with van der Waals surface area (Å²) in [6.07, 6.45) is 2.56. The van der Waals surface area contributed by atoms with E-state index in [1.807, 2.05) is 12.1 Å². The third-order valence-electron chi connectivity index (χ3n) is 3.34. The summed E-state index contributed by atoms with van der Waals surface area (Å²) in [6, 6.07) is 14.4. The number of rotatable bonds is 6. The van der Waals surface area contributed by atoms with Crippen molar-refractivity contribution < 1.29 is 9.53 Å². The van der Waals surface area contributed by atoms with E-state index >= 15 is 0 Å². The Morgan fingerprint density at radius 1 is 1.14 bits per heavy atom. The normalized spacial score (nSPS) is 10.5. The topological polar surface area (TPSA) is 26.3 Å². The minimum atomic E-state index is -0.221. The minimum absolute atomic E-state index is 0.221. The molecule has 0 saturated carbocycles. The van der Waals surface area contributed by atoms with Crippen molar-refractivity contribution in [2.24, 2.45) is 0 Å². The standard InChI is InChI=1S/C18H18BrClO2/c1-13(21)22-10-2-3-14-4-6-15(7-5-14)11-16-12-17(19)8-9-18(16)20/h4-9,12H,2-3,10-11H2,1H3. The molecular weight excluding hydrogens is 364 g/mol. The monoisotopic (exact) mass is 380 g/mol. The van der Waals surface area contributed by atoms with Gasteiger partial charge in [0.1, 0.15) is 0 Å². The highest BCUT2D eigenvalue weighted by molar-refractivity contribution is 9.10. The summed E-state index contributed by atoms with van der Waals surface area (Å²) in [6.45, 7) is 1.91. The van der Waals surface area contributed by atoms with Crippen LogP contribution < -0.4 is 0 Å². The van der Waals surface area contributed by atoms with Crippen molar-refractivity contribution in [2.45, 2.75) is 26.2 Å². The minimum Gasteiger partial charge on any atom is -0.466 e. The van der Waals surface area contributed by atoms with Crippen LogP contribution in [0.2, 0.25) is 5.02 Å². The summed E-state index contributed by atoms with van der Waals surface area (Å²) in [4.78, 5) is 10.7. The third-order valence-corrected chi connectivity index (χ3v) is 4.20. The Kier molecular flexibility index (Phi) is 6.47. The Labute approximate surface area is 144 Å². The van der Waals surface area contributed by atoms with E-state index in [4.69, 9.17) is 16.3 Å². The molecule has 0 atom stereocenters. The molecule has 0 aliphatic carbocycles. The molecule has 4 heteroatoms. The number of carbonyl (C=O) groups excluding carboxylic acids is 1. The second-order valence-corrected chi connectivity index (χ2v) is 6.50. The summed E-state index contributed by atoms with van der Waals surface area (Å²) in [5.74, 6) is -0.221. The maximum Gasteiger partial charge on any atom is 0.302 e. The van der Waals surface area contributed by atoms with Crippen molar-refractivity contribution in [3.05, 3.63) is 68.7 Å². The molecule has 0 aliphatic rings. The van der Waals surface area contributed by atoms with Gasteiger partial charge in [-0.1, -0.05) is 51.8 Å². The number of halogens is 2. The van der Waals surface area contributed by atoms with Gasteiger partial charge in [0.2, 0.25) is 0 Å². The molecule has 2 rings (SSSR count). The average Bonchev–Trinajstić information content (AvgIpc) is 2.49. The first-order valence-corrected chi connectivity index (χ1v) is 8.37. The molecule has 116 valence electrons. The van der Waals surface area contributed by atoms with Gasteiger partial charge in [-0.25, -0.2) is 0 Å². The van der Waals surface area contributed by atoms with Crippen LogP contribution in [0.25, 0.3) is 0 Å². The van der Waals surface area contributed by atoms with Gasteiger partial charge in [0.05, 0.1) is 6.61 Å². The van der Waals surface area contributed by atoms with Crippen LogP contribution in [-0.4, -0.2) is 12.6 Å². The van der Waals surface area contributed by atoms with Crippen LogP contribution in [0.15, 0.2) is 46.9 Å². The van der Waals surface area contributed by atoms with E-state index in [1.165, 1.54) is 18.1 Å². The van der Waals surface area contributed by atoms with Crippen molar-refractivity contribution >= 4 is 33.5 Å². The van der Waals surface area contributed by atoms with Crippen molar-refractivity contribution in [1.82, 2.24) is 0 Å². The number of benzene rings is 2. The van der Waals surface area contributed by atoms with Crippen molar-refractivity contribution in [3.63, 3.8) is 0 Å². The van der Waals surface area contributed by atoms with Gasteiger partial charge in [-0.3, -0.25) is 4.79 Å².